The average Bonchev–Trinajstić information content (AvgIpc) is 2.29. The van der Waals surface area contributed by atoms with E-state index in [4.69, 9.17) is 15.9 Å². The summed E-state index contributed by atoms with van der Waals surface area (Å²) in [6, 6.07) is 10.1. The van der Waals surface area contributed by atoms with E-state index >= 15 is 0 Å². The summed E-state index contributed by atoms with van der Waals surface area (Å²) >= 11 is 1.38. The fraction of sp³-hybridized carbons (Fsp3) is 0.417. The molecule has 0 aliphatic rings. The molecule has 0 saturated carbocycles. The number of rotatable bonds is 6. The van der Waals surface area contributed by atoms with Gasteiger partial charge in [0.15, 0.2) is 5.17 Å². The molecule has 0 amide bonds. The van der Waals surface area contributed by atoms with Crippen LogP contribution in [-0.2, 0) is 4.74 Å². The van der Waals surface area contributed by atoms with E-state index in [0.29, 0.717) is 6.61 Å². The maximum absolute atomic E-state index is 7.35. The third-order valence-electron chi connectivity index (χ3n) is 2.17. The highest BCUT2D eigenvalue weighted by molar-refractivity contribution is 8.13. The molecule has 16 heavy (non-hydrogen) atoms. The van der Waals surface area contributed by atoms with Crippen molar-refractivity contribution in [2.24, 2.45) is 5.73 Å². The van der Waals surface area contributed by atoms with Gasteiger partial charge in [-0.25, -0.2) is 0 Å². The molecular weight excluding hydrogens is 220 g/mol. The van der Waals surface area contributed by atoms with Crippen LogP contribution >= 0.6 is 11.8 Å². The second-order valence-electron chi connectivity index (χ2n) is 3.37. The number of thioether (sulfide) groups is 1. The predicted octanol–water partition coefficient (Wildman–Crippen LogP) is 2.78. The standard InChI is InChI=1S/C12H18N2OS/c1-2-15-9-8-11(16-12(13)14)10-6-4-3-5-7-10/h3-7,11H,2,8-9H2,1H3,(H3,13,14). The van der Waals surface area contributed by atoms with Gasteiger partial charge in [0.05, 0.1) is 0 Å². The third-order valence-corrected chi connectivity index (χ3v) is 3.22. The van der Waals surface area contributed by atoms with Gasteiger partial charge in [0, 0.05) is 18.5 Å². The van der Waals surface area contributed by atoms with E-state index in [1.165, 1.54) is 17.3 Å². The first kappa shape index (κ1) is 13.1. The molecule has 0 heterocycles. The first-order valence-electron chi connectivity index (χ1n) is 5.37. The Morgan fingerprint density at radius 3 is 2.69 bits per heavy atom. The third kappa shape index (κ3) is 4.68. The molecule has 0 fully saturated rings. The molecule has 88 valence electrons. The number of nitrogens with one attached hydrogen (secondary N) is 1. The van der Waals surface area contributed by atoms with Crippen molar-refractivity contribution in [1.82, 2.24) is 0 Å². The van der Waals surface area contributed by atoms with Crippen LogP contribution in [0.3, 0.4) is 0 Å². The van der Waals surface area contributed by atoms with Crippen LogP contribution in [-0.4, -0.2) is 18.4 Å². The highest BCUT2D eigenvalue weighted by atomic mass is 32.2. The summed E-state index contributed by atoms with van der Waals surface area (Å²) < 4.78 is 5.34. The minimum atomic E-state index is 0.158. The highest BCUT2D eigenvalue weighted by Crippen LogP contribution is 2.31. The van der Waals surface area contributed by atoms with Crippen LogP contribution in [0.15, 0.2) is 30.3 Å². The van der Waals surface area contributed by atoms with E-state index in [9.17, 15) is 0 Å². The van der Waals surface area contributed by atoms with Gasteiger partial charge >= 0.3 is 0 Å². The Kier molecular flexibility index (Phi) is 5.96. The number of amidine groups is 1. The topological polar surface area (TPSA) is 59.1 Å². The maximum atomic E-state index is 7.35. The van der Waals surface area contributed by atoms with Gasteiger partial charge in [-0.2, -0.15) is 0 Å². The summed E-state index contributed by atoms with van der Waals surface area (Å²) in [6.07, 6.45) is 0.877. The zero-order valence-corrected chi connectivity index (χ0v) is 10.3. The Balaban J connectivity index is 2.60. The first-order chi connectivity index (χ1) is 7.74. The molecule has 1 rings (SSSR count). The van der Waals surface area contributed by atoms with Crippen LogP contribution in [0.1, 0.15) is 24.2 Å². The Labute approximate surface area is 101 Å². The molecule has 3 nitrogen and oxygen atoms in total. The number of hydrogen-bond acceptors (Lipinski definition) is 3. The van der Waals surface area contributed by atoms with Gasteiger partial charge in [0.25, 0.3) is 0 Å². The molecule has 0 saturated heterocycles. The smallest absolute Gasteiger partial charge is 0.151 e. The highest BCUT2D eigenvalue weighted by Gasteiger charge is 2.13. The zero-order chi connectivity index (χ0) is 11.8. The molecule has 1 unspecified atom stereocenters. The minimum Gasteiger partial charge on any atom is -0.382 e. The van der Waals surface area contributed by atoms with Crippen molar-refractivity contribution in [3.05, 3.63) is 35.9 Å². The molecular formula is C12H18N2OS. The summed E-state index contributed by atoms with van der Waals surface area (Å²) in [5.41, 5.74) is 6.64. The lowest BCUT2D eigenvalue weighted by Crippen LogP contribution is -2.09. The number of ether oxygens (including phenoxy) is 1. The van der Waals surface area contributed by atoms with Crippen molar-refractivity contribution in [1.29, 1.82) is 5.41 Å². The number of nitrogens with two attached hydrogens (primary N) is 1. The van der Waals surface area contributed by atoms with Crippen LogP contribution in [0.25, 0.3) is 0 Å². The Morgan fingerprint density at radius 1 is 1.44 bits per heavy atom. The summed E-state index contributed by atoms with van der Waals surface area (Å²) in [7, 11) is 0. The zero-order valence-electron chi connectivity index (χ0n) is 9.48. The quantitative estimate of drug-likeness (QED) is 0.455. The molecule has 0 aliphatic carbocycles. The van der Waals surface area contributed by atoms with Crippen molar-refractivity contribution >= 4 is 16.9 Å². The summed E-state index contributed by atoms with van der Waals surface area (Å²) in [5, 5.41) is 7.73. The van der Waals surface area contributed by atoms with E-state index in [-0.39, 0.29) is 10.4 Å². The van der Waals surface area contributed by atoms with Gasteiger partial charge in [0.2, 0.25) is 0 Å². The number of benzene rings is 1. The molecule has 0 spiro atoms. The largest absolute Gasteiger partial charge is 0.382 e. The Bertz CT molecular complexity index is 316. The SMILES string of the molecule is CCOCCC(SC(=N)N)c1ccccc1. The number of hydrogen-bond donors (Lipinski definition) is 2. The molecule has 0 aliphatic heterocycles. The molecule has 1 aromatic rings. The molecule has 4 heteroatoms. The Hall–Kier alpha value is -1.00. The average molecular weight is 238 g/mol. The lowest BCUT2D eigenvalue weighted by Gasteiger charge is -2.15. The monoisotopic (exact) mass is 238 g/mol. The van der Waals surface area contributed by atoms with E-state index in [1.807, 2.05) is 25.1 Å². The van der Waals surface area contributed by atoms with Crippen molar-refractivity contribution in [2.45, 2.75) is 18.6 Å². The molecule has 1 atom stereocenters. The van der Waals surface area contributed by atoms with Crippen LogP contribution in [0.4, 0.5) is 0 Å². The van der Waals surface area contributed by atoms with Gasteiger partial charge in [-0.3, -0.25) is 5.41 Å². The van der Waals surface area contributed by atoms with Gasteiger partial charge in [-0.15, -0.1) is 0 Å². The first-order valence-corrected chi connectivity index (χ1v) is 6.25. The minimum absolute atomic E-state index is 0.158. The van der Waals surface area contributed by atoms with Crippen molar-refractivity contribution in [3.63, 3.8) is 0 Å². The lowest BCUT2D eigenvalue weighted by molar-refractivity contribution is 0.144. The second-order valence-corrected chi connectivity index (χ2v) is 4.61. The summed E-state index contributed by atoms with van der Waals surface area (Å²) in [4.78, 5) is 0. The van der Waals surface area contributed by atoms with Crippen molar-refractivity contribution < 1.29 is 4.74 Å². The van der Waals surface area contributed by atoms with E-state index in [2.05, 4.69) is 12.1 Å². The van der Waals surface area contributed by atoms with Crippen molar-refractivity contribution in [2.75, 3.05) is 13.2 Å². The van der Waals surface area contributed by atoms with Gasteiger partial charge in [-0.05, 0) is 18.9 Å². The van der Waals surface area contributed by atoms with E-state index < -0.39 is 0 Å². The van der Waals surface area contributed by atoms with Crippen LogP contribution in [0.5, 0.6) is 0 Å². The second kappa shape index (κ2) is 7.30. The maximum Gasteiger partial charge on any atom is 0.151 e. The van der Waals surface area contributed by atoms with Crippen LogP contribution < -0.4 is 5.73 Å². The Morgan fingerprint density at radius 2 is 2.12 bits per heavy atom. The molecule has 1 aromatic carbocycles. The molecule has 0 aromatic heterocycles. The fourth-order valence-electron chi connectivity index (χ4n) is 1.45. The normalized spacial score (nSPS) is 12.3. The van der Waals surface area contributed by atoms with Crippen LogP contribution in [0, 0.1) is 5.41 Å². The van der Waals surface area contributed by atoms with Gasteiger partial charge < -0.3 is 10.5 Å². The van der Waals surface area contributed by atoms with Gasteiger partial charge in [-0.1, -0.05) is 42.1 Å². The fourth-order valence-corrected chi connectivity index (χ4v) is 2.26. The van der Waals surface area contributed by atoms with E-state index in [0.717, 1.165) is 13.0 Å². The van der Waals surface area contributed by atoms with Gasteiger partial charge in [0.1, 0.15) is 0 Å². The lowest BCUT2D eigenvalue weighted by atomic mass is 10.1. The summed E-state index contributed by atoms with van der Waals surface area (Å²) in [5.74, 6) is 0. The van der Waals surface area contributed by atoms with Crippen molar-refractivity contribution in [3.8, 4) is 0 Å². The van der Waals surface area contributed by atoms with Crippen LogP contribution in [0.2, 0.25) is 0 Å². The predicted molar refractivity (Wildman–Crippen MR) is 69.8 cm³/mol. The molecule has 3 N–H and O–H groups in total. The molecule has 0 bridgehead atoms. The molecule has 0 radical (unpaired) electrons. The summed E-state index contributed by atoms with van der Waals surface area (Å²) in [6.45, 7) is 3.41. The van der Waals surface area contributed by atoms with E-state index in [1.54, 1.807) is 0 Å².